The standard InChI is InChI=1S/C21H30N2O2S/c1-6-16(5)23(21(24)7-2)12-17-14-26-20(22-17)13-25-19-11-9-8-10-18(19)15(3)4/h8-11,14-16H,6-7,12-13H2,1-5H3/t16-/m0/s1. The molecule has 0 saturated heterocycles. The molecule has 142 valence electrons. The number of aromatic nitrogens is 1. The molecule has 0 aliphatic heterocycles. The van der Waals surface area contributed by atoms with Gasteiger partial charge in [-0.05, 0) is 30.9 Å². The van der Waals surface area contributed by atoms with E-state index in [9.17, 15) is 4.79 Å². The second kappa shape index (κ2) is 9.72. The Hall–Kier alpha value is -1.88. The number of para-hydroxylation sites is 1. The predicted octanol–water partition coefficient (Wildman–Crippen LogP) is 5.38. The lowest BCUT2D eigenvalue weighted by Gasteiger charge is -2.27. The van der Waals surface area contributed by atoms with Gasteiger partial charge in [0.2, 0.25) is 5.91 Å². The van der Waals surface area contributed by atoms with Gasteiger partial charge in [-0.25, -0.2) is 4.98 Å². The molecular weight excluding hydrogens is 344 g/mol. The second-order valence-corrected chi connectivity index (χ2v) is 7.79. The molecule has 0 aliphatic rings. The van der Waals surface area contributed by atoms with Gasteiger partial charge in [0.15, 0.2) is 0 Å². The molecule has 2 aromatic rings. The van der Waals surface area contributed by atoms with Crippen LogP contribution >= 0.6 is 11.3 Å². The van der Waals surface area contributed by atoms with Crippen LogP contribution in [0.4, 0.5) is 0 Å². The molecule has 1 amide bonds. The van der Waals surface area contributed by atoms with E-state index in [2.05, 4.69) is 38.7 Å². The summed E-state index contributed by atoms with van der Waals surface area (Å²) in [6.45, 7) is 11.5. The number of nitrogens with zero attached hydrogens (tertiary/aromatic N) is 2. The SMILES string of the molecule is CCC(=O)N(Cc1csc(COc2ccccc2C(C)C)n1)[C@@H](C)CC. The fourth-order valence-electron chi connectivity index (χ4n) is 2.80. The molecule has 5 heteroatoms. The number of benzene rings is 1. The van der Waals surface area contributed by atoms with E-state index in [4.69, 9.17) is 4.74 Å². The van der Waals surface area contributed by atoms with Gasteiger partial charge in [-0.2, -0.15) is 0 Å². The zero-order chi connectivity index (χ0) is 19.1. The van der Waals surface area contributed by atoms with Crippen LogP contribution in [0.25, 0.3) is 0 Å². The number of carbonyl (C=O) groups is 1. The van der Waals surface area contributed by atoms with Gasteiger partial charge in [0.1, 0.15) is 17.4 Å². The Labute approximate surface area is 161 Å². The Morgan fingerprint density at radius 3 is 2.62 bits per heavy atom. The largest absolute Gasteiger partial charge is 0.486 e. The van der Waals surface area contributed by atoms with Gasteiger partial charge in [-0.3, -0.25) is 4.79 Å². The van der Waals surface area contributed by atoms with Crippen LogP contribution in [0.2, 0.25) is 0 Å². The van der Waals surface area contributed by atoms with Crippen molar-refractivity contribution in [1.29, 1.82) is 0 Å². The van der Waals surface area contributed by atoms with Crippen LogP contribution in [0.15, 0.2) is 29.6 Å². The van der Waals surface area contributed by atoms with Crippen molar-refractivity contribution in [3.63, 3.8) is 0 Å². The van der Waals surface area contributed by atoms with Crippen LogP contribution in [0.1, 0.15) is 69.6 Å². The van der Waals surface area contributed by atoms with Crippen LogP contribution in [-0.4, -0.2) is 21.8 Å². The highest BCUT2D eigenvalue weighted by molar-refractivity contribution is 7.09. The summed E-state index contributed by atoms with van der Waals surface area (Å²) < 4.78 is 6.01. The third-order valence-electron chi connectivity index (χ3n) is 4.57. The number of amides is 1. The smallest absolute Gasteiger partial charge is 0.222 e. The van der Waals surface area contributed by atoms with E-state index in [1.807, 2.05) is 35.4 Å². The molecule has 0 fully saturated rings. The highest BCUT2D eigenvalue weighted by atomic mass is 32.1. The summed E-state index contributed by atoms with van der Waals surface area (Å²) in [4.78, 5) is 18.8. The number of hydrogen-bond acceptors (Lipinski definition) is 4. The average molecular weight is 375 g/mol. The van der Waals surface area contributed by atoms with Gasteiger partial charge in [-0.15, -0.1) is 11.3 Å². The predicted molar refractivity (Wildman–Crippen MR) is 108 cm³/mol. The molecule has 1 atom stereocenters. The van der Waals surface area contributed by atoms with Gasteiger partial charge >= 0.3 is 0 Å². The van der Waals surface area contributed by atoms with Crippen molar-refractivity contribution in [2.75, 3.05) is 0 Å². The molecule has 4 nitrogen and oxygen atoms in total. The van der Waals surface area contributed by atoms with Gasteiger partial charge in [0.25, 0.3) is 0 Å². The maximum atomic E-state index is 12.2. The summed E-state index contributed by atoms with van der Waals surface area (Å²) in [5, 5.41) is 2.97. The third kappa shape index (κ3) is 5.31. The Morgan fingerprint density at radius 2 is 1.96 bits per heavy atom. The van der Waals surface area contributed by atoms with Crippen molar-refractivity contribution in [3.8, 4) is 5.75 Å². The number of thiazole rings is 1. The minimum atomic E-state index is 0.177. The topological polar surface area (TPSA) is 42.4 Å². The minimum absolute atomic E-state index is 0.177. The molecule has 0 unspecified atom stereocenters. The molecule has 0 bridgehead atoms. The van der Waals surface area contributed by atoms with Crippen LogP contribution in [0.5, 0.6) is 5.75 Å². The summed E-state index contributed by atoms with van der Waals surface area (Å²) in [5.41, 5.74) is 2.15. The van der Waals surface area contributed by atoms with Crippen LogP contribution in [0, 0.1) is 0 Å². The quantitative estimate of drug-likeness (QED) is 0.591. The van der Waals surface area contributed by atoms with E-state index in [0.29, 0.717) is 25.5 Å². The Morgan fingerprint density at radius 1 is 1.23 bits per heavy atom. The van der Waals surface area contributed by atoms with Crippen molar-refractivity contribution in [2.24, 2.45) is 0 Å². The second-order valence-electron chi connectivity index (χ2n) is 6.85. The van der Waals surface area contributed by atoms with Crippen molar-refractivity contribution in [3.05, 3.63) is 45.9 Å². The Kier molecular flexibility index (Phi) is 7.64. The monoisotopic (exact) mass is 374 g/mol. The first-order valence-corrected chi connectivity index (χ1v) is 10.3. The molecule has 0 radical (unpaired) electrons. The van der Waals surface area contributed by atoms with E-state index in [1.54, 1.807) is 11.3 Å². The van der Waals surface area contributed by atoms with Crippen LogP contribution in [0.3, 0.4) is 0 Å². The normalized spacial score (nSPS) is 12.2. The van der Waals surface area contributed by atoms with E-state index in [1.165, 1.54) is 5.56 Å². The van der Waals surface area contributed by atoms with E-state index < -0.39 is 0 Å². The highest BCUT2D eigenvalue weighted by Crippen LogP contribution is 2.27. The fourth-order valence-corrected chi connectivity index (χ4v) is 3.50. The van der Waals surface area contributed by atoms with Crippen molar-refractivity contribution in [2.45, 2.75) is 72.6 Å². The number of ether oxygens (including phenoxy) is 1. The summed E-state index contributed by atoms with van der Waals surface area (Å²) >= 11 is 1.59. The highest BCUT2D eigenvalue weighted by Gasteiger charge is 2.19. The fraction of sp³-hybridized carbons (Fsp3) is 0.524. The van der Waals surface area contributed by atoms with Crippen molar-refractivity contribution < 1.29 is 9.53 Å². The first-order valence-electron chi connectivity index (χ1n) is 9.40. The summed E-state index contributed by atoms with van der Waals surface area (Å²) in [7, 11) is 0. The van der Waals surface area contributed by atoms with Crippen LogP contribution < -0.4 is 4.74 Å². The van der Waals surface area contributed by atoms with Gasteiger partial charge in [0.05, 0.1) is 12.2 Å². The molecule has 1 aromatic heterocycles. The molecule has 0 N–H and O–H groups in total. The van der Waals surface area contributed by atoms with E-state index >= 15 is 0 Å². The molecule has 0 saturated carbocycles. The number of rotatable bonds is 9. The molecule has 1 aromatic carbocycles. The van der Waals surface area contributed by atoms with Crippen LogP contribution in [-0.2, 0) is 17.9 Å². The van der Waals surface area contributed by atoms with Crippen molar-refractivity contribution in [1.82, 2.24) is 9.88 Å². The lowest BCUT2D eigenvalue weighted by Crippen LogP contribution is -2.37. The summed E-state index contributed by atoms with van der Waals surface area (Å²) in [6, 6.07) is 8.37. The van der Waals surface area contributed by atoms with Gasteiger partial charge < -0.3 is 9.64 Å². The zero-order valence-corrected chi connectivity index (χ0v) is 17.3. The third-order valence-corrected chi connectivity index (χ3v) is 5.44. The summed E-state index contributed by atoms with van der Waals surface area (Å²) in [6.07, 6.45) is 1.47. The number of hydrogen-bond donors (Lipinski definition) is 0. The maximum Gasteiger partial charge on any atom is 0.222 e. The molecule has 0 aliphatic carbocycles. The average Bonchev–Trinajstić information content (AvgIpc) is 3.10. The number of carbonyl (C=O) groups excluding carboxylic acids is 1. The minimum Gasteiger partial charge on any atom is -0.486 e. The van der Waals surface area contributed by atoms with E-state index in [0.717, 1.165) is 22.9 Å². The zero-order valence-electron chi connectivity index (χ0n) is 16.5. The first kappa shape index (κ1) is 20.4. The molecular formula is C21H30N2O2S. The first-order chi connectivity index (χ1) is 12.5. The lowest BCUT2D eigenvalue weighted by atomic mass is 10.0. The van der Waals surface area contributed by atoms with Crippen molar-refractivity contribution >= 4 is 17.2 Å². The van der Waals surface area contributed by atoms with E-state index in [-0.39, 0.29) is 11.9 Å². The summed E-state index contributed by atoms with van der Waals surface area (Å²) in [5.74, 6) is 1.51. The maximum absolute atomic E-state index is 12.2. The molecule has 0 spiro atoms. The molecule has 26 heavy (non-hydrogen) atoms. The Bertz CT molecular complexity index is 712. The Balaban J connectivity index is 2.02. The van der Waals surface area contributed by atoms with Gasteiger partial charge in [0, 0.05) is 17.8 Å². The molecule has 1 heterocycles. The molecule has 2 rings (SSSR count). The van der Waals surface area contributed by atoms with Gasteiger partial charge in [-0.1, -0.05) is 45.9 Å². The lowest BCUT2D eigenvalue weighted by molar-refractivity contribution is -0.133.